The third-order valence-electron chi connectivity index (χ3n) is 7.77. The Morgan fingerprint density at radius 3 is 2.53 bits per heavy atom. The molecule has 2 aromatic rings. The monoisotopic (exact) mass is 454 g/mol. The number of Topliss-reactive ketones (excluding diaryl/α,β-unsaturated/α-hetero) is 1. The summed E-state index contributed by atoms with van der Waals surface area (Å²) in [5.41, 5.74) is 1.88. The molecule has 0 spiro atoms. The van der Waals surface area contributed by atoms with Gasteiger partial charge in [-0.05, 0) is 49.3 Å². The van der Waals surface area contributed by atoms with Gasteiger partial charge in [0, 0.05) is 40.9 Å². The smallest absolute Gasteiger partial charge is 0.205 e. The lowest BCUT2D eigenvalue weighted by atomic mass is 9.54. The number of para-hydroxylation sites is 1. The normalized spacial score (nSPS) is 26.6. The molecule has 1 aliphatic carbocycles. The Labute approximate surface area is 194 Å². The first-order chi connectivity index (χ1) is 15.5. The molecule has 1 heterocycles. The highest BCUT2D eigenvalue weighted by Gasteiger charge is 2.63. The van der Waals surface area contributed by atoms with Crippen molar-refractivity contribution in [1.82, 2.24) is 0 Å². The highest BCUT2D eigenvalue weighted by atomic mass is 35.5. The van der Waals surface area contributed by atoms with E-state index in [9.17, 15) is 14.9 Å². The maximum Gasteiger partial charge on any atom is 0.205 e. The Morgan fingerprint density at radius 1 is 1.12 bits per heavy atom. The molecule has 0 amide bonds. The molecule has 0 radical (unpaired) electrons. The van der Waals surface area contributed by atoms with Crippen molar-refractivity contribution in [2.45, 2.75) is 63.5 Å². The Morgan fingerprint density at radius 2 is 1.84 bits per heavy atom. The maximum atomic E-state index is 14.5. The number of ketones is 1. The van der Waals surface area contributed by atoms with Crippen LogP contribution in [0.3, 0.4) is 0 Å². The highest BCUT2D eigenvalue weighted by Crippen LogP contribution is 2.58. The quantitative estimate of drug-likeness (QED) is 0.274. The molecule has 2 aromatic carbocycles. The first-order valence-corrected chi connectivity index (χ1v) is 12.1. The van der Waals surface area contributed by atoms with Crippen molar-refractivity contribution in [3.05, 3.63) is 75.8 Å². The third-order valence-corrected chi connectivity index (χ3v) is 8.04. The van der Waals surface area contributed by atoms with Crippen molar-refractivity contribution in [2.75, 3.05) is 17.3 Å². The van der Waals surface area contributed by atoms with E-state index in [0.717, 1.165) is 43.4 Å². The van der Waals surface area contributed by atoms with Gasteiger partial charge in [0.1, 0.15) is 0 Å². The fourth-order valence-corrected chi connectivity index (χ4v) is 6.34. The third kappa shape index (κ3) is 3.71. The lowest BCUT2D eigenvalue weighted by Crippen LogP contribution is -2.59. The van der Waals surface area contributed by atoms with Gasteiger partial charge in [-0.3, -0.25) is 14.9 Å². The van der Waals surface area contributed by atoms with E-state index in [1.54, 1.807) is 0 Å². The molecule has 0 bridgehead atoms. The first kappa shape index (κ1) is 22.8. The van der Waals surface area contributed by atoms with E-state index in [1.807, 2.05) is 36.4 Å². The van der Waals surface area contributed by atoms with Crippen LogP contribution in [0.2, 0.25) is 0 Å². The number of benzene rings is 2. The summed E-state index contributed by atoms with van der Waals surface area (Å²) in [4.78, 5) is 28.0. The van der Waals surface area contributed by atoms with E-state index in [2.05, 4.69) is 30.0 Å². The molecule has 0 aromatic heterocycles. The van der Waals surface area contributed by atoms with E-state index in [1.165, 1.54) is 5.56 Å². The summed E-state index contributed by atoms with van der Waals surface area (Å²) in [5, 5.41) is 11.5. The molecule has 2 aliphatic rings. The minimum Gasteiger partial charge on any atom is -0.363 e. The zero-order chi connectivity index (χ0) is 22.8. The second-order valence-electron chi connectivity index (χ2n) is 9.22. The number of anilines is 1. The molecule has 3 atom stereocenters. The molecule has 170 valence electrons. The van der Waals surface area contributed by atoms with Crippen molar-refractivity contribution in [3.63, 3.8) is 0 Å². The van der Waals surface area contributed by atoms with Crippen molar-refractivity contribution in [2.24, 2.45) is 5.41 Å². The molecule has 1 aliphatic heterocycles. The van der Waals surface area contributed by atoms with Gasteiger partial charge in [-0.2, -0.15) is 0 Å². The average Bonchev–Trinajstić information content (AvgIpc) is 3.09. The Bertz CT molecular complexity index is 982. The second kappa shape index (κ2) is 9.22. The van der Waals surface area contributed by atoms with Crippen LogP contribution in [0.5, 0.6) is 0 Å². The summed E-state index contributed by atoms with van der Waals surface area (Å²) < 4.78 is 0. The van der Waals surface area contributed by atoms with Crippen LogP contribution in [-0.4, -0.2) is 29.2 Å². The number of alkyl halides is 1. The lowest BCUT2D eigenvalue weighted by Gasteiger charge is -2.49. The Hall–Kier alpha value is -2.40. The first-order valence-electron chi connectivity index (χ1n) is 11.6. The molecule has 5 nitrogen and oxygen atoms in total. The van der Waals surface area contributed by atoms with E-state index in [0.29, 0.717) is 12.4 Å². The molecule has 1 unspecified atom stereocenters. The molecule has 1 fully saturated rings. The van der Waals surface area contributed by atoms with Gasteiger partial charge in [-0.25, -0.2) is 0 Å². The summed E-state index contributed by atoms with van der Waals surface area (Å²) in [6.07, 6.45) is 4.18. The van der Waals surface area contributed by atoms with Gasteiger partial charge in [0.2, 0.25) is 6.54 Å². The molecular weight excluding hydrogens is 424 g/mol. The summed E-state index contributed by atoms with van der Waals surface area (Å²) in [5.74, 6) is 0.718. The number of fused-ring (bicyclic) bond motifs is 3. The summed E-state index contributed by atoms with van der Waals surface area (Å²) in [6, 6.07) is 18.2. The number of hydrogen-bond donors (Lipinski definition) is 0. The highest BCUT2D eigenvalue weighted by molar-refractivity contribution is 6.17. The van der Waals surface area contributed by atoms with E-state index < -0.39 is 10.8 Å². The molecule has 1 saturated carbocycles. The number of hydrogen-bond acceptors (Lipinski definition) is 4. The Balaban J connectivity index is 1.83. The van der Waals surface area contributed by atoms with Crippen LogP contribution in [-0.2, 0) is 16.8 Å². The predicted molar refractivity (Wildman–Crippen MR) is 128 cm³/mol. The van der Waals surface area contributed by atoms with Crippen molar-refractivity contribution in [1.29, 1.82) is 0 Å². The van der Waals surface area contributed by atoms with E-state index >= 15 is 0 Å². The van der Waals surface area contributed by atoms with Gasteiger partial charge in [0.15, 0.2) is 5.78 Å². The zero-order valence-electron chi connectivity index (χ0n) is 18.6. The number of nitro groups is 1. The van der Waals surface area contributed by atoms with Gasteiger partial charge in [0.05, 0.1) is 5.41 Å². The van der Waals surface area contributed by atoms with Crippen LogP contribution >= 0.6 is 11.6 Å². The molecule has 6 heteroatoms. The van der Waals surface area contributed by atoms with E-state index in [-0.39, 0.29) is 29.7 Å². The lowest BCUT2D eigenvalue weighted by molar-refractivity contribution is -0.481. The number of rotatable bonds is 9. The minimum absolute atomic E-state index is 0.0665. The SMILES string of the molecule is CCC1(CCCCl)CC[C@H]2N(Cc3ccccc3)c3ccccc3[C@@]2(CC[N+](=O)[O-])C1=O. The number of nitrogens with zero attached hydrogens (tertiary/aromatic N) is 2. The maximum absolute atomic E-state index is 14.5. The summed E-state index contributed by atoms with van der Waals surface area (Å²) in [6.45, 7) is 2.57. The van der Waals surface area contributed by atoms with Gasteiger partial charge >= 0.3 is 0 Å². The van der Waals surface area contributed by atoms with E-state index in [4.69, 9.17) is 11.6 Å². The Kier molecular flexibility index (Phi) is 6.57. The number of carbonyl (C=O) groups excluding carboxylic acids is 1. The van der Waals surface area contributed by atoms with Gasteiger partial charge < -0.3 is 4.90 Å². The minimum atomic E-state index is -0.848. The standard InChI is InChI=1S/C26H31ClN2O3/c1-2-25(14-8-17-27)15-13-23-26(24(25)30,16-18-29(31)32)21-11-6-7-12-22(21)28(23)19-20-9-4-3-5-10-20/h3-7,9-12,23H,2,8,13-19H2,1H3/t23-,25?,26-/m1/s1. The number of carbonyl (C=O) groups is 1. The van der Waals surface area contributed by atoms with Crippen LogP contribution in [0.15, 0.2) is 54.6 Å². The van der Waals surface area contributed by atoms with Gasteiger partial charge in [-0.15, -0.1) is 11.6 Å². The van der Waals surface area contributed by atoms with Crippen molar-refractivity contribution in [3.8, 4) is 0 Å². The summed E-state index contributed by atoms with van der Waals surface area (Å²) >= 11 is 6.02. The molecule has 32 heavy (non-hydrogen) atoms. The number of halogens is 1. The van der Waals surface area contributed by atoms with Gasteiger partial charge in [-0.1, -0.05) is 55.5 Å². The zero-order valence-corrected chi connectivity index (χ0v) is 19.4. The van der Waals surface area contributed by atoms with Crippen LogP contribution in [0.1, 0.15) is 56.6 Å². The van der Waals surface area contributed by atoms with Crippen LogP contribution in [0.25, 0.3) is 0 Å². The van der Waals surface area contributed by atoms with Crippen LogP contribution in [0.4, 0.5) is 5.69 Å². The molecule has 0 saturated heterocycles. The van der Waals surface area contributed by atoms with Gasteiger partial charge in [0.25, 0.3) is 0 Å². The average molecular weight is 455 g/mol. The van der Waals surface area contributed by atoms with Crippen molar-refractivity contribution >= 4 is 23.1 Å². The fourth-order valence-electron chi connectivity index (χ4n) is 6.21. The molecule has 4 rings (SSSR count). The topological polar surface area (TPSA) is 63.4 Å². The second-order valence-corrected chi connectivity index (χ2v) is 9.60. The van der Waals surface area contributed by atoms with Crippen molar-refractivity contribution < 1.29 is 9.72 Å². The fraction of sp³-hybridized carbons (Fsp3) is 0.500. The summed E-state index contributed by atoms with van der Waals surface area (Å²) in [7, 11) is 0. The largest absolute Gasteiger partial charge is 0.363 e. The molecule has 0 N–H and O–H groups in total. The predicted octanol–water partition coefficient (Wildman–Crippen LogP) is 5.76. The van der Waals surface area contributed by atoms with Crippen LogP contribution in [0, 0.1) is 15.5 Å². The molecular formula is C26H31ClN2O3. The van der Waals surface area contributed by atoms with Crippen LogP contribution < -0.4 is 4.90 Å².